The van der Waals surface area contributed by atoms with Gasteiger partial charge in [-0.1, -0.05) is 0 Å². The Kier molecular flexibility index (Phi) is 3.43. The third-order valence-electron chi connectivity index (χ3n) is 4.01. The summed E-state index contributed by atoms with van der Waals surface area (Å²) in [6.07, 6.45) is 6.77. The standard InChI is InChI=1S/C13H20N2OS/c16-8-10-3-4-15-12(6-10)7-14-13(15)11-2-1-5-17-9-11/h7,10-11,16H,1-6,8-9H2. The Morgan fingerprint density at radius 2 is 2.41 bits per heavy atom. The minimum atomic E-state index is 0.319. The number of aliphatic hydroxyl groups is 1. The molecule has 2 unspecified atom stereocenters. The summed E-state index contributed by atoms with van der Waals surface area (Å²) >= 11 is 2.06. The lowest BCUT2D eigenvalue weighted by atomic mass is 9.96. The van der Waals surface area contributed by atoms with Crippen molar-refractivity contribution in [1.29, 1.82) is 0 Å². The first-order valence-corrected chi connectivity index (χ1v) is 7.77. The van der Waals surface area contributed by atoms with Crippen molar-refractivity contribution in [2.24, 2.45) is 5.92 Å². The summed E-state index contributed by atoms with van der Waals surface area (Å²) in [6, 6.07) is 0. The fourth-order valence-electron chi connectivity index (χ4n) is 2.98. The van der Waals surface area contributed by atoms with Crippen LogP contribution in [0.25, 0.3) is 0 Å². The minimum Gasteiger partial charge on any atom is -0.396 e. The average Bonchev–Trinajstić information content (AvgIpc) is 2.82. The Bertz CT molecular complexity index is 385. The Labute approximate surface area is 107 Å². The molecule has 0 bridgehead atoms. The summed E-state index contributed by atoms with van der Waals surface area (Å²) in [5, 5.41) is 9.24. The van der Waals surface area contributed by atoms with Crippen LogP contribution in [0.1, 0.15) is 36.7 Å². The number of rotatable bonds is 2. The van der Waals surface area contributed by atoms with Crippen LogP contribution in [-0.4, -0.2) is 32.8 Å². The number of imidazole rings is 1. The van der Waals surface area contributed by atoms with Crippen LogP contribution >= 0.6 is 11.8 Å². The number of aliphatic hydroxyl groups excluding tert-OH is 1. The van der Waals surface area contributed by atoms with Crippen LogP contribution in [-0.2, 0) is 13.0 Å². The van der Waals surface area contributed by atoms with E-state index in [1.54, 1.807) is 0 Å². The molecule has 1 fully saturated rings. The molecule has 2 aliphatic rings. The monoisotopic (exact) mass is 252 g/mol. The highest BCUT2D eigenvalue weighted by Crippen LogP contribution is 2.33. The maximum atomic E-state index is 9.24. The van der Waals surface area contributed by atoms with Crippen LogP contribution in [0.3, 0.4) is 0 Å². The van der Waals surface area contributed by atoms with E-state index in [-0.39, 0.29) is 0 Å². The van der Waals surface area contributed by atoms with Gasteiger partial charge in [-0.3, -0.25) is 0 Å². The van der Waals surface area contributed by atoms with E-state index in [1.165, 1.54) is 35.9 Å². The SMILES string of the molecule is OCC1CCn2c(cnc2C2CCCSC2)C1. The van der Waals surface area contributed by atoms with Gasteiger partial charge in [0.05, 0.1) is 0 Å². The van der Waals surface area contributed by atoms with Gasteiger partial charge in [0, 0.05) is 36.7 Å². The lowest BCUT2D eigenvalue weighted by Crippen LogP contribution is -2.24. The number of hydrogen-bond donors (Lipinski definition) is 1. The molecule has 3 rings (SSSR count). The van der Waals surface area contributed by atoms with Crippen molar-refractivity contribution in [3.8, 4) is 0 Å². The van der Waals surface area contributed by atoms with Gasteiger partial charge in [0.15, 0.2) is 0 Å². The molecule has 3 heterocycles. The molecule has 1 N–H and O–H groups in total. The Morgan fingerprint density at radius 1 is 1.47 bits per heavy atom. The van der Waals surface area contributed by atoms with Gasteiger partial charge in [-0.05, 0) is 37.4 Å². The number of hydrogen-bond acceptors (Lipinski definition) is 3. The van der Waals surface area contributed by atoms with Crippen molar-refractivity contribution < 1.29 is 5.11 Å². The second kappa shape index (κ2) is 5.02. The molecule has 94 valence electrons. The van der Waals surface area contributed by atoms with Gasteiger partial charge in [-0.25, -0.2) is 4.98 Å². The first-order valence-electron chi connectivity index (χ1n) is 6.61. The summed E-state index contributed by atoms with van der Waals surface area (Å²) in [5.41, 5.74) is 1.33. The van der Waals surface area contributed by atoms with Crippen molar-refractivity contribution in [2.45, 2.75) is 38.1 Å². The van der Waals surface area contributed by atoms with E-state index >= 15 is 0 Å². The number of fused-ring (bicyclic) bond motifs is 1. The molecule has 0 aromatic carbocycles. The fourth-order valence-corrected chi connectivity index (χ4v) is 4.12. The van der Waals surface area contributed by atoms with E-state index in [9.17, 15) is 5.11 Å². The highest BCUT2D eigenvalue weighted by atomic mass is 32.2. The molecule has 2 atom stereocenters. The van der Waals surface area contributed by atoms with Gasteiger partial charge < -0.3 is 9.67 Å². The zero-order valence-corrected chi connectivity index (χ0v) is 11.0. The van der Waals surface area contributed by atoms with E-state index in [0.717, 1.165) is 19.4 Å². The fraction of sp³-hybridized carbons (Fsp3) is 0.769. The quantitative estimate of drug-likeness (QED) is 0.875. The molecule has 1 aromatic rings. The largest absolute Gasteiger partial charge is 0.396 e. The second-order valence-electron chi connectivity index (χ2n) is 5.21. The summed E-state index contributed by atoms with van der Waals surface area (Å²) in [7, 11) is 0. The van der Waals surface area contributed by atoms with Crippen LogP contribution in [0.4, 0.5) is 0 Å². The van der Waals surface area contributed by atoms with Crippen LogP contribution in [0.2, 0.25) is 0 Å². The number of nitrogens with zero attached hydrogens (tertiary/aromatic N) is 2. The maximum Gasteiger partial charge on any atom is 0.112 e. The summed E-state index contributed by atoms with van der Waals surface area (Å²) in [6.45, 7) is 1.37. The molecule has 4 heteroatoms. The first-order chi connectivity index (χ1) is 8.38. The topological polar surface area (TPSA) is 38.0 Å². The van der Waals surface area contributed by atoms with Gasteiger partial charge in [0.2, 0.25) is 0 Å². The summed E-state index contributed by atoms with van der Waals surface area (Å²) in [4.78, 5) is 4.66. The van der Waals surface area contributed by atoms with Gasteiger partial charge in [-0.2, -0.15) is 11.8 Å². The third-order valence-corrected chi connectivity index (χ3v) is 5.23. The molecular weight excluding hydrogens is 232 g/mol. The van der Waals surface area contributed by atoms with Gasteiger partial charge in [0.25, 0.3) is 0 Å². The smallest absolute Gasteiger partial charge is 0.112 e. The second-order valence-corrected chi connectivity index (χ2v) is 6.36. The molecule has 0 saturated carbocycles. The predicted molar refractivity (Wildman–Crippen MR) is 70.4 cm³/mol. The Balaban J connectivity index is 1.80. The third kappa shape index (κ3) is 2.25. The summed E-state index contributed by atoms with van der Waals surface area (Å²) in [5.74, 6) is 4.97. The molecule has 0 aliphatic carbocycles. The zero-order valence-electron chi connectivity index (χ0n) is 10.1. The average molecular weight is 252 g/mol. The molecule has 0 amide bonds. The highest BCUT2D eigenvalue weighted by molar-refractivity contribution is 7.99. The Hall–Kier alpha value is -0.480. The van der Waals surface area contributed by atoms with E-state index in [0.29, 0.717) is 18.4 Å². The van der Waals surface area contributed by atoms with Gasteiger partial charge in [-0.15, -0.1) is 0 Å². The normalized spacial score (nSPS) is 29.0. The van der Waals surface area contributed by atoms with Crippen LogP contribution < -0.4 is 0 Å². The van der Waals surface area contributed by atoms with E-state index in [1.807, 2.05) is 6.20 Å². The van der Waals surface area contributed by atoms with Crippen molar-refractivity contribution >= 4 is 11.8 Å². The summed E-state index contributed by atoms with van der Waals surface area (Å²) < 4.78 is 2.42. The molecule has 1 aromatic heterocycles. The lowest BCUT2D eigenvalue weighted by molar-refractivity contribution is 0.199. The first kappa shape index (κ1) is 11.6. The lowest BCUT2D eigenvalue weighted by Gasteiger charge is -2.27. The molecular formula is C13H20N2OS. The van der Waals surface area contributed by atoms with E-state index < -0.39 is 0 Å². The minimum absolute atomic E-state index is 0.319. The molecule has 1 saturated heterocycles. The maximum absolute atomic E-state index is 9.24. The zero-order chi connectivity index (χ0) is 11.7. The van der Waals surface area contributed by atoms with Crippen LogP contribution in [0, 0.1) is 5.92 Å². The highest BCUT2D eigenvalue weighted by Gasteiger charge is 2.26. The van der Waals surface area contributed by atoms with Crippen molar-refractivity contribution in [1.82, 2.24) is 9.55 Å². The molecule has 2 aliphatic heterocycles. The van der Waals surface area contributed by atoms with Gasteiger partial charge in [0.1, 0.15) is 5.82 Å². The molecule has 0 radical (unpaired) electrons. The predicted octanol–water partition coefficient (Wildman–Crippen LogP) is 2.05. The van der Waals surface area contributed by atoms with Crippen molar-refractivity contribution in [3.63, 3.8) is 0 Å². The van der Waals surface area contributed by atoms with E-state index in [4.69, 9.17) is 0 Å². The van der Waals surface area contributed by atoms with Crippen molar-refractivity contribution in [3.05, 3.63) is 17.7 Å². The molecule has 3 nitrogen and oxygen atoms in total. The molecule has 17 heavy (non-hydrogen) atoms. The van der Waals surface area contributed by atoms with Crippen molar-refractivity contribution in [2.75, 3.05) is 18.1 Å². The number of aromatic nitrogens is 2. The number of thioether (sulfide) groups is 1. The Morgan fingerprint density at radius 3 is 3.18 bits per heavy atom. The van der Waals surface area contributed by atoms with Crippen LogP contribution in [0.15, 0.2) is 6.20 Å². The van der Waals surface area contributed by atoms with Crippen LogP contribution in [0.5, 0.6) is 0 Å². The van der Waals surface area contributed by atoms with Gasteiger partial charge >= 0.3 is 0 Å². The van der Waals surface area contributed by atoms with E-state index in [2.05, 4.69) is 21.3 Å². The molecule has 0 spiro atoms.